The Labute approximate surface area is 66.4 Å². The van der Waals surface area contributed by atoms with Gasteiger partial charge in [0.15, 0.2) is 0 Å². The van der Waals surface area contributed by atoms with Gasteiger partial charge < -0.3 is 0 Å². The summed E-state index contributed by atoms with van der Waals surface area (Å²) in [5, 5.41) is -1.62. The Morgan fingerprint density at radius 3 is 1.89 bits per heavy atom. The Morgan fingerprint density at radius 2 is 1.67 bits per heavy atom. The highest BCUT2D eigenvalue weighted by atomic mass is 35.7. The maximum atomic E-state index is 5.92. The molecule has 0 aliphatic rings. The fraction of sp³-hybridized carbons (Fsp3) is 0.333. The van der Waals surface area contributed by atoms with Crippen LogP contribution in [0.4, 0.5) is 0 Å². The van der Waals surface area contributed by atoms with Gasteiger partial charge in [-0.05, 0) is 0 Å². The summed E-state index contributed by atoms with van der Waals surface area (Å²) in [6.45, 7) is 7.14. The zero-order valence-electron chi connectivity index (χ0n) is 5.22. The van der Waals surface area contributed by atoms with Gasteiger partial charge in [-0.25, -0.2) is 0 Å². The SMILES string of the molecule is C=CCP(=S)(Cl)CC=C. The highest BCUT2D eigenvalue weighted by Crippen LogP contribution is 2.51. The van der Waals surface area contributed by atoms with Gasteiger partial charge in [0.25, 0.3) is 0 Å². The van der Waals surface area contributed by atoms with Crippen LogP contribution in [0.2, 0.25) is 0 Å². The fourth-order valence-corrected chi connectivity index (χ4v) is 2.60. The van der Waals surface area contributed by atoms with Crippen molar-refractivity contribution in [2.75, 3.05) is 12.3 Å². The van der Waals surface area contributed by atoms with Gasteiger partial charge in [-0.15, -0.1) is 13.2 Å². The van der Waals surface area contributed by atoms with Gasteiger partial charge in [-0.1, -0.05) is 35.2 Å². The second-order valence-electron chi connectivity index (χ2n) is 1.73. The highest BCUT2D eigenvalue weighted by Gasteiger charge is 2.06. The molecular weight excluding hydrogens is 171 g/mol. The molecule has 0 bridgehead atoms. The molecule has 0 spiro atoms. The van der Waals surface area contributed by atoms with E-state index in [0.717, 1.165) is 12.3 Å². The van der Waals surface area contributed by atoms with E-state index in [0.29, 0.717) is 0 Å². The van der Waals surface area contributed by atoms with Crippen LogP contribution in [0.3, 0.4) is 0 Å². The lowest BCUT2D eigenvalue weighted by atomic mass is 10.8. The van der Waals surface area contributed by atoms with Crippen LogP contribution < -0.4 is 0 Å². The van der Waals surface area contributed by atoms with E-state index in [1.54, 1.807) is 12.2 Å². The van der Waals surface area contributed by atoms with Crippen LogP contribution in [0.1, 0.15) is 0 Å². The molecule has 0 aromatic rings. The maximum Gasteiger partial charge on any atom is 0.0459 e. The fourth-order valence-electron chi connectivity index (χ4n) is 0.460. The van der Waals surface area contributed by atoms with Crippen molar-refractivity contribution < 1.29 is 0 Å². The van der Waals surface area contributed by atoms with Crippen molar-refractivity contribution in [3.05, 3.63) is 25.3 Å². The standard InChI is InChI=1S/C6H10ClPS/c1-3-5-8(7,9)6-4-2/h3-4H,1-2,5-6H2. The van der Waals surface area contributed by atoms with Crippen LogP contribution >= 0.6 is 16.6 Å². The number of halogens is 1. The second-order valence-corrected chi connectivity index (χ2v) is 8.68. The largest absolute Gasteiger partial charge is 0.103 e. The molecule has 0 aliphatic heterocycles. The smallest absolute Gasteiger partial charge is 0.0459 e. The lowest BCUT2D eigenvalue weighted by molar-refractivity contribution is 1.70. The molecule has 3 heteroatoms. The minimum absolute atomic E-state index is 0.760. The predicted molar refractivity (Wildman–Crippen MR) is 50.3 cm³/mol. The number of hydrogen-bond acceptors (Lipinski definition) is 1. The summed E-state index contributed by atoms with van der Waals surface area (Å²) in [6.07, 6.45) is 5.07. The Morgan fingerprint density at radius 1 is 1.33 bits per heavy atom. The summed E-state index contributed by atoms with van der Waals surface area (Å²) < 4.78 is 0. The van der Waals surface area contributed by atoms with Crippen LogP contribution in [-0.4, -0.2) is 12.3 Å². The zero-order chi connectivity index (χ0) is 7.33. The number of rotatable bonds is 4. The summed E-state index contributed by atoms with van der Waals surface area (Å²) in [5.74, 6) is 0. The van der Waals surface area contributed by atoms with E-state index in [9.17, 15) is 0 Å². The molecule has 0 atom stereocenters. The van der Waals surface area contributed by atoms with Crippen molar-refractivity contribution in [2.45, 2.75) is 0 Å². The van der Waals surface area contributed by atoms with E-state index < -0.39 is 5.39 Å². The molecule has 0 saturated carbocycles. The van der Waals surface area contributed by atoms with E-state index in [1.807, 2.05) is 0 Å². The van der Waals surface area contributed by atoms with E-state index >= 15 is 0 Å². The minimum atomic E-state index is -1.62. The van der Waals surface area contributed by atoms with Crippen LogP contribution in [0.25, 0.3) is 0 Å². The molecule has 0 rings (SSSR count). The molecule has 0 nitrogen and oxygen atoms in total. The van der Waals surface area contributed by atoms with Gasteiger partial charge >= 0.3 is 0 Å². The van der Waals surface area contributed by atoms with Crippen LogP contribution in [0.5, 0.6) is 0 Å². The molecule has 9 heavy (non-hydrogen) atoms. The summed E-state index contributed by atoms with van der Waals surface area (Å²) >= 11 is 11.0. The lowest BCUT2D eigenvalue weighted by Gasteiger charge is -2.06. The maximum absolute atomic E-state index is 5.92. The third-order valence-corrected chi connectivity index (χ3v) is 4.13. The molecule has 0 radical (unpaired) electrons. The average molecular weight is 181 g/mol. The summed E-state index contributed by atoms with van der Waals surface area (Å²) in [6, 6.07) is 0. The third kappa shape index (κ3) is 4.90. The Balaban J connectivity index is 3.85. The normalized spacial score (nSPS) is 10.8. The first-order valence-electron chi connectivity index (χ1n) is 2.62. The molecule has 0 N–H and O–H groups in total. The van der Waals surface area contributed by atoms with Crippen LogP contribution in [0.15, 0.2) is 25.3 Å². The number of allylic oxidation sites excluding steroid dienone is 2. The van der Waals surface area contributed by atoms with Crippen molar-refractivity contribution in [2.24, 2.45) is 0 Å². The minimum Gasteiger partial charge on any atom is -0.103 e. The van der Waals surface area contributed by atoms with Crippen molar-refractivity contribution in [3.8, 4) is 0 Å². The van der Waals surface area contributed by atoms with Crippen LogP contribution in [0, 0.1) is 0 Å². The molecule has 0 aliphatic carbocycles. The Hall–Kier alpha value is 0.420. The summed E-state index contributed by atoms with van der Waals surface area (Å²) in [7, 11) is 0. The van der Waals surface area contributed by atoms with Gasteiger partial charge in [0.1, 0.15) is 0 Å². The predicted octanol–water partition coefficient (Wildman–Crippen LogP) is 2.99. The van der Waals surface area contributed by atoms with Gasteiger partial charge in [0.05, 0.1) is 0 Å². The molecule has 52 valence electrons. The first-order chi connectivity index (χ1) is 4.12. The quantitative estimate of drug-likeness (QED) is 0.474. The van der Waals surface area contributed by atoms with Crippen molar-refractivity contribution in [1.82, 2.24) is 0 Å². The monoisotopic (exact) mass is 180 g/mol. The van der Waals surface area contributed by atoms with Crippen molar-refractivity contribution in [3.63, 3.8) is 0 Å². The summed E-state index contributed by atoms with van der Waals surface area (Å²) in [4.78, 5) is 0. The van der Waals surface area contributed by atoms with E-state index in [2.05, 4.69) is 13.2 Å². The van der Waals surface area contributed by atoms with E-state index in [4.69, 9.17) is 23.0 Å². The van der Waals surface area contributed by atoms with Gasteiger partial charge in [0, 0.05) is 17.7 Å². The lowest BCUT2D eigenvalue weighted by Crippen LogP contribution is -1.80. The average Bonchev–Trinajstić information content (AvgIpc) is 1.64. The first kappa shape index (κ1) is 9.42. The van der Waals surface area contributed by atoms with Crippen LogP contribution in [-0.2, 0) is 11.8 Å². The Kier molecular flexibility index (Phi) is 4.47. The molecule has 0 fully saturated rings. The molecule has 0 unspecified atom stereocenters. The molecule has 0 amide bonds. The van der Waals surface area contributed by atoms with E-state index in [-0.39, 0.29) is 0 Å². The van der Waals surface area contributed by atoms with Crippen molar-refractivity contribution >= 4 is 28.4 Å². The zero-order valence-corrected chi connectivity index (χ0v) is 7.68. The summed E-state index contributed by atoms with van der Waals surface area (Å²) in [5.41, 5.74) is 0. The number of hydrogen-bond donors (Lipinski definition) is 0. The molecule has 0 aromatic heterocycles. The van der Waals surface area contributed by atoms with Gasteiger partial charge in [-0.2, -0.15) is 0 Å². The van der Waals surface area contributed by atoms with Gasteiger partial charge in [0.2, 0.25) is 0 Å². The van der Waals surface area contributed by atoms with E-state index in [1.165, 1.54) is 0 Å². The second kappa shape index (κ2) is 4.27. The molecular formula is C6H10ClPS. The molecule has 0 heterocycles. The molecule has 0 aromatic carbocycles. The first-order valence-corrected chi connectivity index (χ1v) is 6.69. The Bertz CT molecular complexity index is 139. The topological polar surface area (TPSA) is 0 Å². The highest BCUT2D eigenvalue weighted by molar-refractivity contribution is 8.27. The van der Waals surface area contributed by atoms with Gasteiger partial charge in [-0.3, -0.25) is 0 Å². The third-order valence-electron chi connectivity index (χ3n) is 0.803. The van der Waals surface area contributed by atoms with Crippen molar-refractivity contribution in [1.29, 1.82) is 0 Å². The molecule has 0 saturated heterocycles.